The van der Waals surface area contributed by atoms with E-state index in [1.165, 1.54) is 24.1 Å². The number of rotatable bonds is 11. The number of sulfonamides is 1. The Kier molecular flexibility index (Phi) is 10.3. The minimum Gasteiger partial charge on any atom is -0.357 e. The fraction of sp³-hybridized carbons (Fsp3) is 0.235. The number of nitrogens with one attached hydrogen (secondary N) is 1. The predicted molar refractivity (Wildman–Crippen MR) is 172 cm³/mol. The van der Waals surface area contributed by atoms with Gasteiger partial charge in [0.25, 0.3) is 10.0 Å². The van der Waals surface area contributed by atoms with Crippen LogP contribution >= 0.6 is 11.6 Å². The zero-order valence-corrected chi connectivity index (χ0v) is 26.3. The van der Waals surface area contributed by atoms with Gasteiger partial charge in [-0.15, -0.1) is 0 Å². The van der Waals surface area contributed by atoms with Gasteiger partial charge in [0, 0.05) is 25.0 Å². The standard InChI is InChI=1S/C34H36ClN3O4S/c1-24-16-18-29(19-17-24)43(41,42)38(31-15-9-14-30(35)26(31)3)23-33(39)37(22-28-13-8-10-25(2)20-28)32(34(40)36-4)21-27-11-6-5-7-12-27/h5-20,32H,21-23H2,1-4H3,(H,36,40)/t32-/m0/s1. The van der Waals surface area contributed by atoms with Crippen LogP contribution in [-0.4, -0.2) is 44.8 Å². The maximum absolute atomic E-state index is 14.4. The van der Waals surface area contributed by atoms with Crippen LogP contribution in [0.1, 0.15) is 27.8 Å². The van der Waals surface area contributed by atoms with Gasteiger partial charge in [-0.2, -0.15) is 0 Å². The zero-order chi connectivity index (χ0) is 31.1. The molecule has 7 nitrogen and oxygen atoms in total. The number of carbonyl (C=O) groups is 2. The lowest BCUT2D eigenvalue weighted by molar-refractivity contribution is -0.139. The third-order valence-corrected chi connectivity index (χ3v) is 9.53. The zero-order valence-electron chi connectivity index (χ0n) is 24.7. The highest BCUT2D eigenvalue weighted by molar-refractivity contribution is 7.92. The second-order valence-electron chi connectivity index (χ2n) is 10.5. The molecule has 224 valence electrons. The molecule has 0 unspecified atom stereocenters. The van der Waals surface area contributed by atoms with Gasteiger partial charge in [-0.25, -0.2) is 8.42 Å². The number of hydrogen-bond donors (Lipinski definition) is 1. The van der Waals surface area contributed by atoms with Crippen molar-refractivity contribution in [2.24, 2.45) is 0 Å². The quantitative estimate of drug-likeness (QED) is 0.229. The van der Waals surface area contributed by atoms with E-state index < -0.39 is 28.5 Å². The van der Waals surface area contributed by atoms with Gasteiger partial charge >= 0.3 is 0 Å². The molecular formula is C34H36ClN3O4S. The van der Waals surface area contributed by atoms with E-state index in [0.29, 0.717) is 10.6 Å². The molecule has 2 amide bonds. The molecule has 0 aliphatic rings. The van der Waals surface area contributed by atoms with Crippen molar-refractivity contribution in [3.8, 4) is 0 Å². The molecule has 0 heterocycles. The van der Waals surface area contributed by atoms with Crippen molar-refractivity contribution in [2.45, 2.75) is 44.7 Å². The average Bonchev–Trinajstić information content (AvgIpc) is 2.99. The van der Waals surface area contributed by atoms with Gasteiger partial charge in [0.15, 0.2) is 0 Å². The molecule has 0 aliphatic carbocycles. The number of aryl methyl sites for hydroxylation is 2. The normalized spacial score (nSPS) is 11.9. The topological polar surface area (TPSA) is 86.8 Å². The number of benzene rings is 4. The summed E-state index contributed by atoms with van der Waals surface area (Å²) in [6.45, 7) is 5.11. The first-order chi connectivity index (χ1) is 20.5. The molecule has 0 fully saturated rings. The lowest BCUT2D eigenvalue weighted by atomic mass is 10.0. The molecule has 43 heavy (non-hydrogen) atoms. The number of hydrogen-bond acceptors (Lipinski definition) is 4. The van der Waals surface area contributed by atoms with E-state index >= 15 is 0 Å². The van der Waals surface area contributed by atoms with Crippen LogP contribution in [0, 0.1) is 20.8 Å². The van der Waals surface area contributed by atoms with Crippen molar-refractivity contribution in [1.29, 1.82) is 0 Å². The number of likely N-dealkylation sites (N-methyl/N-ethyl adjacent to an activating group) is 1. The number of nitrogens with zero attached hydrogens (tertiary/aromatic N) is 2. The summed E-state index contributed by atoms with van der Waals surface area (Å²) < 4.78 is 29.4. The summed E-state index contributed by atoms with van der Waals surface area (Å²) in [5.74, 6) is -0.877. The Morgan fingerprint density at radius 2 is 1.47 bits per heavy atom. The third kappa shape index (κ3) is 7.63. The first-order valence-corrected chi connectivity index (χ1v) is 15.8. The van der Waals surface area contributed by atoms with E-state index in [4.69, 9.17) is 11.6 Å². The largest absolute Gasteiger partial charge is 0.357 e. The van der Waals surface area contributed by atoms with E-state index in [0.717, 1.165) is 26.6 Å². The van der Waals surface area contributed by atoms with Gasteiger partial charge in [-0.3, -0.25) is 13.9 Å². The molecular weight excluding hydrogens is 582 g/mol. The highest BCUT2D eigenvalue weighted by Crippen LogP contribution is 2.31. The van der Waals surface area contributed by atoms with Crippen molar-refractivity contribution < 1.29 is 18.0 Å². The molecule has 1 N–H and O–H groups in total. The van der Waals surface area contributed by atoms with Crippen molar-refractivity contribution in [3.63, 3.8) is 0 Å². The fourth-order valence-electron chi connectivity index (χ4n) is 4.94. The molecule has 9 heteroatoms. The number of amides is 2. The number of anilines is 1. The van der Waals surface area contributed by atoms with E-state index in [-0.39, 0.29) is 29.5 Å². The summed E-state index contributed by atoms with van der Waals surface area (Å²) in [5, 5.41) is 3.07. The second kappa shape index (κ2) is 13.9. The Morgan fingerprint density at radius 1 is 0.814 bits per heavy atom. The molecule has 0 saturated carbocycles. The van der Waals surface area contributed by atoms with E-state index in [1.807, 2.05) is 68.4 Å². The van der Waals surface area contributed by atoms with Crippen LogP contribution in [0.2, 0.25) is 5.02 Å². The first kappa shape index (κ1) is 31.8. The van der Waals surface area contributed by atoms with Gasteiger partial charge in [0.2, 0.25) is 11.8 Å². The SMILES string of the molecule is CNC(=O)[C@H](Cc1ccccc1)N(Cc1cccc(C)c1)C(=O)CN(c1cccc(Cl)c1C)S(=O)(=O)c1ccc(C)cc1. The van der Waals surface area contributed by atoms with Gasteiger partial charge in [0.05, 0.1) is 10.6 Å². The maximum atomic E-state index is 14.4. The Bertz CT molecular complexity index is 1690. The summed E-state index contributed by atoms with van der Waals surface area (Å²) in [6, 6.07) is 27.6. The van der Waals surface area contributed by atoms with Crippen LogP contribution in [-0.2, 0) is 32.6 Å². The molecule has 0 bridgehead atoms. The predicted octanol–water partition coefficient (Wildman–Crippen LogP) is 5.85. The molecule has 4 rings (SSSR count). The average molecular weight is 618 g/mol. The van der Waals surface area contributed by atoms with Crippen molar-refractivity contribution in [3.05, 3.63) is 130 Å². The molecule has 4 aromatic rings. The van der Waals surface area contributed by atoms with E-state index in [9.17, 15) is 18.0 Å². The lowest BCUT2D eigenvalue weighted by Gasteiger charge is -2.34. The monoisotopic (exact) mass is 617 g/mol. The summed E-state index contributed by atoms with van der Waals surface area (Å²) >= 11 is 6.43. The van der Waals surface area contributed by atoms with Crippen LogP contribution in [0.25, 0.3) is 0 Å². The van der Waals surface area contributed by atoms with Crippen LogP contribution in [0.3, 0.4) is 0 Å². The van der Waals surface area contributed by atoms with Crippen LogP contribution in [0.15, 0.2) is 102 Å². The summed E-state index contributed by atoms with van der Waals surface area (Å²) in [7, 11) is -2.68. The summed E-state index contributed by atoms with van der Waals surface area (Å²) in [5.41, 5.74) is 4.40. The minimum atomic E-state index is -4.20. The smallest absolute Gasteiger partial charge is 0.264 e. The fourth-order valence-corrected chi connectivity index (χ4v) is 6.59. The highest BCUT2D eigenvalue weighted by atomic mass is 35.5. The molecule has 1 atom stereocenters. The minimum absolute atomic E-state index is 0.0441. The summed E-state index contributed by atoms with van der Waals surface area (Å²) in [6.07, 6.45) is 0.249. The van der Waals surface area contributed by atoms with Gasteiger partial charge < -0.3 is 10.2 Å². The van der Waals surface area contributed by atoms with Gasteiger partial charge in [-0.1, -0.05) is 95.5 Å². The molecule has 0 radical (unpaired) electrons. The van der Waals surface area contributed by atoms with Crippen LogP contribution in [0.4, 0.5) is 5.69 Å². The Balaban J connectivity index is 1.82. The van der Waals surface area contributed by atoms with Gasteiger partial charge in [-0.05, 0) is 61.7 Å². The summed E-state index contributed by atoms with van der Waals surface area (Å²) in [4.78, 5) is 29.3. The Morgan fingerprint density at radius 3 is 2.12 bits per heavy atom. The molecule has 0 aliphatic heterocycles. The van der Waals surface area contributed by atoms with Crippen molar-refractivity contribution in [2.75, 3.05) is 17.9 Å². The molecule has 0 spiro atoms. The second-order valence-corrected chi connectivity index (χ2v) is 12.8. The first-order valence-electron chi connectivity index (χ1n) is 14.0. The van der Waals surface area contributed by atoms with Crippen molar-refractivity contribution >= 4 is 39.1 Å². The highest BCUT2D eigenvalue weighted by Gasteiger charge is 2.35. The van der Waals surface area contributed by atoms with Crippen molar-refractivity contribution in [1.82, 2.24) is 10.2 Å². The molecule has 0 aromatic heterocycles. The Hall–Kier alpha value is -4.14. The molecule has 4 aromatic carbocycles. The third-order valence-electron chi connectivity index (χ3n) is 7.35. The number of halogens is 1. The van der Waals surface area contributed by atoms with Gasteiger partial charge in [0.1, 0.15) is 12.6 Å². The van der Waals surface area contributed by atoms with Crippen LogP contribution in [0.5, 0.6) is 0 Å². The lowest BCUT2D eigenvalue weighted by Crippen LogP contribution is -2.53. The number of carbonyl (C=O) groups excluding carboxylic acids is 2. The van der Waals surface area contributed by atoms with E-state index in [1.54, 1.807) is 37.3 Å². The Labute approximate surface area is 259 Å². The maximum Gasteiger partial charge on any atom is 0.264 e. The van der Waals surface area contributed by atoms with E-state index in [2.05, 4.69) is 5.32 Å². The molecule has 0 saturated heterocycles. The van der Waals surface area contributed by atoms with Crippen LogP contribution < -0.4 is 9.62 Å².